The number of nitrogens with one attached hydrogen (secondary N) is 1. The smallest absolute Gasteiger partial charge is 0.251 e. The van der Waals surface area contributed by atoms with Gasteiger partial charge >= 0.3 is 0 Å². The Morgan fingerprint density at radius 1 is 1.20 bits per heavy atom. The minimum atomic E-state index is -0.306. The van der Waals surface area contributed by atoms with E-state index >= 15 is 0 Å². The van der Waals surface area contributed by atoms with Crippen LogP contribution in [0, 0.1) is 0 Å². The molecule has 2 aliphatic heterocycles. The first-order chi connectivity index (χ1) is 17.1. The van der Waals surface area contributed by atoms with E-state index in [1.54, 1.807) is 11.3 Å². The quantitative estimate of drug-likeness (QED) is 0.532. The lowest BCUT2D eigenvalue weighted by atomic mass is 9.88. The van der Waals surface area contributed by atoms with Crippen LogP contribution in [0.1, 0.15) is 55.6 Å². The zero-order valence-electron chi connectivity index (χ0n) is 21.1. The highest BCUT2D eigenvalue weighted by Crippen LogP contribution is 2.38. The van der Waals surface area contributed by atoms with E-state index in [2.05, 4.69) is 56.9 Å². The Kier molecular flexibility index (Phi) is 7.77. The summed E-state index contributed by atoms with van der Waals surface area (Å²) in [7, 11) is 1.99. The number of para-hydroxylation sites is 1. The summed E-state index contributed by atoms with van der Waals surface area (Å²) >= 11 is 1.76. The maximum Gasteiger partial charge on any atom is 0.251 e. The van der Waals surface area contributed by atoms with Crippen molar-refractivity contribution in [1.29, 1.82) is 0 Å². The van der Waals surface area contributed by atoms with Gasteiger partial charge in [-0.25, -0.2) is 0 Å². The molecule has 2 aromatic rings. The van der Waals surface area contributed by atoms with Gasteiger partial charge in [0.2, 0.25) is 0 Å². The fourth-order valence-corrected chi connectivity index (χ4v) is 6.30. The lowest BCUT2D eigenvalue weighted by molar-refractivity contribution is -0.190. The molecule has 5 rings (SSSR count). The number of hydrogen-bond donors (Lipinski definition) is 1. The molecule has 0 unspecified atom stereocenters. The average molecular weight is 498 g/mol. The number of rotatable bonds is 10. The number of carbonyl (C=O) groups excluding carboxylic acids is 1. The average Bonchev–Trinajstić information content (AvgIpc) is 3.57. The van der Waals surface area contributed by atoms with E-state index in [1.807, 2.05) is 14.0 Å². The number of piperidine rings is 1. The summed E-state index contributed by atoms with van der Waals surface area (Å²) < 4.78 is 12.9. The van der Waals surface area contributed by atoms with Gasteiger partial charge in [-0.1, -0.05) is 24.3 Å². The molecule has 3 heterocycles. The maximum absolute atomic E-state index is 12.6. The highest BCUT2D eigenvalue weighted by molar-refractivity contribution is 7.10. The molecule has 6 nitrogen and oxygen atoms in total. The summed E-state index contributed by atoms with van der Waals surface area (Å²) in [6.45, 7) is 6.68. The second-order valence-electron chi connectivity index (χ2n) is 10.4. The molecule has 1 amide bonds. The minimum Gasteiger partial charge on any atom is -0.485 e. The molecular weight excluding hydrogens is 458 g/mol. The second-order valence-corrected chi connectivity index (χ2v) is 11.3. The van der Waals surface area contributed by atoms with Crippen molar-refractivity contribution < 1.29 is 14.3 Å². The van der Waals surface area contributed by atoms with Crippen molar-refractivity contribution in [2.24, 2.45) is 0 Å². The van der Waals surface area contributed by atoms with Crippen molar-refractivity contribution in [3.05, 3.63) is 52.2 Å². The summed E-state index contributed by atoms with van der Waals surface area (Å²) in [5, 5.41) is 5.38. The molecule has 2 atom stereocenters. The molecular formula is C28H39N3O3S. The first-order valence-corrected chi connectivity index (χ1v) is 14.1. The van der Waals surface area contributed by atoms with Crippen LogP contribution in [-0.2, 0) is 16.0 Å². The van der Waals surface area contributed by atoms with Gasteiger partial charge in [0.15, 0.2) is 0 Å². The SMILES string of the molecule is CNCC[C@@H](Oc1ccccc1CCN1CCC2(CC1)CN(C1CC1)C(=O)[C@@H](C)O2)c1cccs1. The van der Waals surface area contributed by atoms with Crippen LogP contribution in [0.25, 0.3) is 0 Å². The summed E-state index contributed by atoms with van der Waals surface area (Å²) in [6, 6.07) is 13.2. The third-order valence-electron chi connectivity index (χ3n) is 7.73. The molecule has 1 aromatic heterocycles. The molecule has 1 spiro atoms. The molecule has 1 aromatic carbocycles. The van der Waals surface area contributed by atoms with Crippen molar-refractivity contribution >= 4 is 17.2 Å². The highest BCUT2D eigenvalue weighted by atomic mass is 32.1. The Hall–Kier alpha value is -1.93. The third kappa shape index (κ3) is 5.91. The van der Waals surface area contributed by atoms with E-state index in [9.17, 15) is 4.79 Å². The molecule has 35 heavy (non-hydrogen) atoms. The Labute approximate surface area is 213 Å². The predicted octanol–water partition coefficient (Wildman–Crippen LogP) is 4.26. The van der Waals surface area contributed by atoms with Crippen LogP contribution in [0.15, 0.2) is 41.8 Å². The van der Waals surface area contributed by atoms with Gasteiger partial charge in [0, 0.05) is 37.0 Å². The van der Waals surface area contributed by atoms with Gasteiger partial charge in [-0.3, -0.25) is 4.79 Å². The first-order valence-electron chi connectivity index (χ1n) is 13.2. The Morgan fingerprint density at radius 3 is 2.71 bits per heavy atom. The lowest BCUT2D eigenvalue weighted by Gasteiger charge is -2.49. The van der Waals surface area contributed by atoms with Gasteiger partial charge in [0.25, 0.3) is 5.91 Å². The van der Waals surface area contributed by atoms with Crippen molar-refractivity contribution in [2.45, 2.75) is 69.3 Å². The molecule has 190 valence electrons. The Bertz CT molecular complexity index is 970. The van der Waals surface area contributed by atoms with Crippen LogP contribution in [0.4, 0.5) is 0 Å². The van der Waals surface area contributed by atoms with Gasteiger partial charge in [-0.15, -0.1) is 11.3 Å². The monoisotopic (exact) mass is 497 g/mol. The van der Waals surface area contributed by atoms with E-state index in [4.69, 9.17) is 9.47 Å². The largest absolute Gasteiger partial charge is 0.485 e. The van der Waals surface area contributed by atoms with Crippen LogP contribution < -0.4 is 10.1 Å². The van der Waals surface area contributed by atoms with Crippen molar-refractivity contribution in [2.75, 3.05) is 39.8 Å². The molecule has 0 bridgehead atoms. The van der Waals surface area contributed by atoms with Crippen LogP contribution >= 0.6 is 11.3 Å². The van der Waals surface area contributed by atoms with Gasteiger partial charge < -0.3 is 24.6 Å². The third-order valence-corrected chi connectivity index (χ3v) is 8.69. The van der Waals surface area contributed by atoms with Gasteiger partial charge in [0.05, 0.1) is 12.1 Å². The second kappa shape index (κ2) is 11.0. The number of carbonyl (C=O) groups is 1. The Morgan fingerprint density at radius 2 is 2.00 bits per heavy atom. The van der Waals surface area contributed by atoms with Gasteiger partial charge in [0.1, 0.15) is 18.0 Å². The first kappa shape index (κ1) is 24.8. The standard InChI is InChI=1S/C28H39N3O3S/c1-21-27(32)31(23-9-10-23)20-28(34-21)13-17-30(18-14-28)16-12-22-6-3-4-7-24(22)33-25(11-15-29-2)26-8-5-19-35-26/h3-8,19,21,23,25,29H,9-18,20H2,1-2H3/t21-,25-/m1/s1. The van der Waals surface area contributed by atoms with E-state index in [0.29, 0.717) is 6.04 Å². The van der Waals surface area contributed by atoms with E-state index in [0.717, 1.165) is 77.0 Å². The van der Waals surface area contributed by atoms with Crippen molar-refractivity contribution in [1.82, 2.24) is 15.1 Å². The number of morpholine rings is 1. The fourth-order valence-electron chi connectivity index (χ4n) is 5.51. The Balaban J connectivity index is 1.17. The summed E-state index contributed by atoms with van der Waals surface area (Å²) in [5.41, 5.74) is 1.11. The summed E-state index contributed by atoms with van der Waals surface area (Å²) in [5.74, 6) is 1.19. The number of thiophene rings is 1. The van der Waals surface area contributed by atoms with Crippen LogP contribution in [-0.4, -0.2) is 73.2 Å². The molecule has 2 saturated heterocycles. The van der Waals surface area contributed by atoms with Gasteiger partial charge in [-0.05, 0) is 75.7 Å². The van der Waals surface area contributed by atoms with Crippen molar-refractivity contribution in [3.8, 4) is 5.75 Å². The summed E-state index contributed by atoms with van der Waals surface area (Å²) in [4.78, 5) is 18.5. The number of likely N-dealkylation sites (tertiary alicyclic amines) is 1. The van der Waals surface area contributed by atoms with Crippen LogP contribution in [0.3, 0.4) is 0 Å². The van der Waals surface area contributed by atoms with E-state index in [1.165, 1.54) is 10.4 Å². The number of amides is 1. The topological polar surface area (TPSA) is 54.0 Å². The highest BCUT2D eigenvalue weighted by Gasteiger charge is 2.48. The number of ether oxygens (including phenoxy) is 2. The van der Waals surface area contributed by atoms with Crippen molar-refractivity contribution in [3.63, 3.8) is 0 Å². The predicted molar refractivity (Wildman–Crippen MR) is 140 cm³/mol. The molecule has 0 radical (unpaired) electrons. The molecule has 3 aliphatic rings. The van der Waals surface area contributed by atoms with Crippen LogP contribution in [0.5, 0.6) is 5.75 Å². The van der Waals surface area contributed by atoms with Crippen LogP contribution in [0.2, 0.25) is 0 Å². The number of hydrogen-bond acceptors (Lipinski definition) is 6. The molecule has 1 N–H and O–H groups in total. The fraction of sp³-hybridized carbons (Fsp3) is 0.607. The van der Waals surface area contributed by atoms with Gasteiger partial charge in [-0.2, -0.15) is 0 Å². The molecule has 1 saturated carbocycles. The maximum atomic E-state index is 12.6. The summed E-state index contributed by atoms with van der Waals surface area (Å²) in [6.07, 6.45) is 5.98. The minimum absolute atomic E-state index is 0.0704. The normalized spacial score (nSPS) is 23.5. The lowest BCUT2D eigenvalue weighted by Crippen LogP contribution is -2.61. The zero-order chi connectivity index (χ0) is 24.3. The van der Waals surface area contributed by atoms with E-state index in [-0.39, 0.29) is 23.7 Å². The molecule has 1 aliphatic carbocycles. The number of nitrogens with zero attached hydrogens (tertiary/aromatic N) is 2. The molecule has 3 fully saturated rings. The van der Waals surface area contributed by atoms with E-state index < -0.39 is 0 Å². The zero-order valence-corrected chi connectivity index (χ0v) is 21.9. The number of benzene rings is 1. The molecule has 7 heteroatoms.